The van der Waals surface area contributed by atoms with Crippen LogP contribution in [0.3, 0.4) is 0 Å². The van der Waals surface area contributed by atoms with Gasteiger partial charge in [0, 0.05) is 5.56 Å². The quantitative estimate of drug-likeness (QED) is 0.392. The van der Waals surface area contributed by atoms with Crippen LogP contribution in [-0.2, 0) is 0 Å². The monoisotopic (exact) mass is 238 g/mol. The van der Waals surface area contributed by atoms with Crippen LogP contribution in [0.1, 0.15) is 10.4 Å². The van der Waals surface area contributed by atoms with Gasteiger partial charge >= 0.3 is 0 Å². The third kappa shape index (κ3) is 3.45. The minimum atomic E-state index is -0.707. The average Bonchev–Trinajstić information content (AvgIpc) is 2.19. The SMILES string of the molecule is NC(=O)c1ccc(F)c(N=C(N)N=C(N)N)c1. The predicted molar refractivity (Wildman–Crippen MR) is 62.0 cm³/mol. The molecule has 0 heterocycles. The minimum absolute atomic E-state index is 0.0997. The van der Waals surface area contributed by atoms with Crippen molar-refractivity contribution >= 4 is 23.5 Å². The first-order chi connectivity index (χ1) is 7.90. The van der Waals surface area contributed by atoms with Crippen molar-refractivity contribution in [2.75, 3.05) is 0 Å². The number of halogens is 1. The van der Waals surface area contributed by atoms with E-state index < -0.39 is 11.7 Å². The van der Waals surface area contributed by atoms with Crippen LogP contribution in [-0.4, -0.2) is 17.8 Å². The fraction of sp³-hybridized carbons (Fsp3) is 0. The molecule has 0 spiro atoms. The Kier molecular flexibility index (Phi) is 3.60. The zero-order valence-corrected chi connectivity index (χ0v) is 8.72. The van der Waals surface area contributed by atoms with Crippen molar-refractivity contribution < 1.29 is 9.18 Å². The molecule has 0 saturated carbocycles. The summed E-state index contributed by atoms with van der Waals surface area (Å²) in [5, 5.41) is 0. The highest BCUT2D eigenvalue weighted by atomic mass is 19.1. The number of nitrogens with zero attached hydrogens (tertiary/aromatic N) is 2. The molecule has 90 valence electrons. The van der Waals surface area contributed by atoms with Gasteiger partial charge in [-0.3, -0.25) is 4.79 Å². The maximum atomic E-state index is 13.3. The van der Waals surface area contributed by atoms with Gasteiger partial charge in [-0.05, 0) is 18.2 Å². The number of amides is 1. The number of guanidine groups is 2. The Morgan fingerprint density at radius 1 is 1.18 bits per heavy atom. The maximum Gasteiger partial charge on any atom is 0.248 e. The van der Waals surface area contributed by atoms with Crippen LogP contribution in [0.5, 0.6) is 0 Å². The molecule has 0 aliphatic rings. The summed E-state index contributed by atoms with van der Waals surface area (Å²) in [6.07, 6.45) is 0. The van der Waals surface area contributed by atoms with Crippen LogP contribution >= 0.6 is 0 Å². The summed E-state index contributed by atoms with van der Waals surface area (Å²) in [6, 6.07) is 3.42. The van der Waals surface area contributed by atoms with Crippen molar-refractivity contribution in [3.8, 4) is 0 Å². The summed E-state index contributed by atoms with van der Waals surface area (Å²) in [7, 11) is 0. The Balaban J connectivity index is 3.18. The first-order valence-electron chi connectivity index (χ1n) is 4.43. The lowest BCUT2D eigenvalue weighted by Crippen LogP contribution is -2.26. The van der Waals surface area contributed by atoms with Crippen LogP contribution in [0.2, 0.25) is 0 Å². The first-order valence-corrected chi connectivity index (χ1v) is 4.43. The van der Waals surface area contributed by atoms with Crippen molar-refractivity contribution in [1.82, 2.24) is 0 Å². The van der Waals surface area contributed by atoms with E-state index >= 15 is 0 Å². The number of rotatable bonds is 2. The molecule has 1 amide bonds. The molecule has 0 saturated heterocycles. The lowest BCUT2D eigenvalue weighted by molar-refractivity contribution is 0.100. The average molecular weight is 238 g/mol. The van der Waals surface area contributed by atoms with E-state index in [1.807, 2.05) is 0 Å². The molecule has 0 fully saturated rings. The molecule has 1 aromatic carbocycles. The molecule has 0 aliphatic heterocycles. The normalized spacial score (nSPS) is 11.0. The molecule has 8 heteroatoms. The number of nitrogens with two attached hydrogens (primary N) is 4. The van der Waals surface area contributed by atoms with Gasteiger partial charge in [0.05, 0.1) is 0 Å². The highest BCUT2D eigenvalue weighted by Crippen LogP contribution is 2.19. The van der Waals surface area contributed by atoms with Gasteiger partial charge < -0.3 is 22.9 Å². The lowest BCUT2D eigenvalue weighted by Gasteiger charge is -2.00. The Hall–Kier alpha value is -2.64. The largest absolute Gasteiger partial charge is 0.370 e. The van der Waals surface area contributed by atoms with E-state index in [9.17, 15) is 9.18 Å². The Morgan fingerprint density at radius 2 is 1.82 bits per heavy atom. The second-order valence-corrected chi connectivity index (χ2v) is 3.04. The lowest BCUT2D eigenvalue weighted by atomic mass is 10.2. The molecule has 0 atom stereocenters. The Morgan fingerprint density at radius 3 is 2.35 bits per heavy atom. The second kappa shape index (κ2) is 4.92. The highest BCUT2D eigenvalue weighted by molar-refractivity contribution is 5.95. The number of hydrogen-bond donors (Lipinski definition) is 4. The highest BCUT2D eigenvalue weighted by Gasteiger charge is 2.06. The van der Waals surface area contributed by atoms with Crippen LogP contribution in [0.15, 0.2) is 28.2 Å². The van der Waals surface area contributed by atoms with Crippen molar-refractivity contribution in [2.45, 2.75) is 0 Å². The minimum Gasteiger partial charge on any atom is -0.370 e. The van der Waals surface area contributed by atoms with Gasteiger partial charge in [-0.15, -0.1) is 0 Å². The summed E-state index contributed by atoms with van der Waals surface area (Å²) in [4.78, 5) is 17.9. The Bertz CT molecular complexity index is 506. The summed E-state index contributed by atoms with van der Waals surface area (Å²) in [6.45, 7) is 0. The van der Waals surface area contributed by atoms with Gasteiger partial charge in [-0.1, -0.05) is 0 Å². The summed E-state index contributed by atoms with van der Waals surface area (Å²) in [5.41, 5.74) is 20.4. The molecule has 0 unspecified atom stereocenters. The van der Waals surface area contributed by atoms with E-state index in [2.05, 4.69) is 9.98 Å². The first kappa shape index (κ1) is 12.4. The molecule has 17 heavy (non-hydrogen) atoms. The predicted octanol–water partition coefficient (Wildman–Crippen LogP) is -0.856. The van der Waals surface area contributed by atoms with Crippen LogP contribution in [0.25, 0.3) is 0 Å². The number of primary amides is 1. The molecule has 8 N–H and O–H groups in total. The molecular weight excluding hydrogens is 227 g/mol. The van der Waals surface area contributed by atoms with Crippen LogP contribution in [0, 0.1) is 5.82 Å². The number of benzene rings is 1. The van der Waals surface area contributed by atoms with E-state index in [-0.39, 0.29) is 23.2 Å². The van der Waals surface area contributed by atoms with Gasteiger partial charge in [0.2, 0.25) is 11.9 Å². The summed E-state index contributed by atoms with van der Waals surface area (Å²) >= 11 is 0. The standard InChI is InChI=1S/C9H11FN6O/c10-5-2-1-4(7(11)17)3-6(5)15-9(14)16-8(12)13/h1-3H,(H2,11,17)(H6,12,13,14,15,16). The molecule has 0 radical (unpaired) electrons. The van der Waals surface area contributed by atoms with Crippen molar-refractivity contribution in [3.63, 3.8) is 0 Å². The van der Waals surface area contributed by atoms with Gasteiger partial charge in [0.25, 0.3) is 0 Å². The van der Waals surface area contributed by atoms with Gasteiger partial charge in [0.15, 0.2) is 5.96 Å². The van der Waals surface area contributed by atoms with E-state index in [0.717, 1.165) is 12.1 Å². The van der Waals surface area contributed by atoms with E-state index in [1.54, 1.807) is 0 Å². The zero-order valence-electron chi connectivity index (χ0n) is 8.72. The van der Waals surface area contributed by atoms with Crippen LogP contribution < -0.4 is 22.9 Å². The number of carbonyl (C=O) groups is 1. The number of hydrogen-bond acceptors (Lipinski definition) is 2. The third-order valence-corrected chi connectivity index (χ3v) is 1.71. The smallest absolute Gasteiger partial charge is 0.248 e. The molecule has 1 aromatic rings. The van der Waals surface area contributed by atoms with E-state index in [0.29, 0.717) is 0 Å². The zero-order chi connectivity index (χ0) is 13.0. The van der Waals surface area contributed by atoms with Crippen molar-refractivity contribution in [2.24, 2.45) is 32.9 Å². The summed E-state index contributed by atoms with van der Waals surface area (Å²) < 4.78 is 13.3. The Labute approximate surface area is 96.0 Å². The molecule has 0 aromatic heterocycles. The molecular formula is C9H11FN6O. The number of aliphatic imine (C=N–C) groups is 2. The van der Waals surface area contributed by atoms with Crippen LogP contribution in [0.4, 0.5) is 10.1 Å². The van der Waals surface area contributed by atoms with E-state index in [4.69, 9.17) is 22.9 Å². The maximum absolute atomic E-state index is 13.3. The molecule has 1 rings (SSSR count). The van der Waals surface area contributed by atoms with Crippen molar-refractivity contribution in [1.29, 1.82) is 0 Å². The summed E-state index contributed by atoms with van der Waals surface area (Å²) in [5.74, 6) is -2.02. The second-order valence-electron chi connectivity index (χ2n) is 3.04. The van der Waals surface area contributed by atoms with Gasteiger partial charge in [0.1, 0.15) is 11.5 Å². The third-order valence-electron chi connectivity index (χ3n) is 1.71. The van der Waals surface area contributed by atoms with Gasteiger partial charge in [-0.25, -0.2) is 9.38 Å². The molecule has 7 nitrogen and oxygen atoms in total. The van der Waals surface area contributed by atoms with E-state index in [1.165, 1.54) is 6.07 Å². The fourth-order valence-electron chi connectivity index (χ4n) is 1.03. The van der Waals surface area contributed by atoms with Crippen molar-refractivity contribution in [3.05, 3.63) is 29.6 Å². The fourth-order valence-corrected chi connectivity index (χ4v) is 1.03. The molecule has 0 aliphatic carbocycles. The number of carbonyl (C=O) groups excluding carboxylic acids is 1. The topological polar surface area (TPSA) is 146 Å². The van der Waals surface area contributed by atoms with Gasteiger partial charge in [-0.2, -0.15) is 4.99 Å². The molecule has 0 bridgehead atoms.